The number of nitrogens with one attached hydrogen (secondary N) is 2. The van der Waals surface area contributed by atoms with E-state index in [9.17, 15) is 4.79 Å². The monoisotopic (exact) mass is 385 g/mol. The molecule has 1 aliphatic rings. The Balaban J connectivity index is 1.63. The molecule has 28 heavy (non-hydrogen) atoms. The van der Waals surface area contributed by atoms with Gasteiger partial charge < -0.3 is 15.2 Å². The SMILES string of the molecule is CNc1c(C(=O)NCCC2CCCCCCCCC2)n(C)c2nc(C)cnc12. The second kappa shape index (κ2) is 9.89. The van der Waals surface area contributed by atoms with Crippen LogP contribution in [0.5, 0.6) is 0 Å². The third kappa shape index (κ3) is 4.83. The van der Waals surface area contributed by atoms with Crippen molar-refractivity contribution in [2.75, 3.05) is 18.9 Å². The summed E-state index contributed by atoms with van der Waals surface area (Å²) < 4.78 is 1.85. The molecule has 0 atom stereocenters. The molecule has 3 rings (SSSR count). The Morgan fingerprint density at radius 1 is 1.14 bits per heavy atom. The molecule has 154 valence electrons. The van der Waals surface area contributed by atoms with Gasteiger partial charge in [0.15, 0.2) is 5.65 Å². The molecular formula is C22H35N5O. The van der Waals surface area contributed by atoms with Crippen molar-refractivity contribution in [3.8, 4) is 0 Å². The molecule has 0 spiro atoms. The van der Waals surface area contributed by atoms with Crippen LogP contribution in [0.4, 0.5) is 5.69 Å². The molecule has 1 amide bonds. The lowest BCUT2D eigenvalue weighted by Crippen LogP contribution is -2.28. The fourth-order valence-corrected chi connectivity index (χ4v) is 4.42. The number of rotatable bonds is 5. The molecule has 0 saturated heterocycles. The topological polar surface area (TPSA) is 71.8 Å². The number of anilines is 1. The quantitative estimate of drug-likeness (QED) is 0.790. The predicted octanol–water partition coefficient (Wildman–Crippen LogP) is 4.58. The molecule has 1 fully saturated rings. The number of hydrogen-bond acceptors (Lipinski definition) is 4. The maximum absolute atomic E-state index is 12.9. The first-order valence-corrected chi connectivity index (χ1v) is 10.9. The minimum atomic E-state index is -0.0517. The number of carbonyl (C=O) groups is 1. The number of aryl methyl sites for hydroxylation is 2. The fraction of sp³-hybridized carbons (Fsp3) is 0.682. The molecule has 2 heterocycles. The average Bonchev–Trinajstić information content (AvgIpc) is 2.98. The number of fused-ring (bicyclic) bond motifs is 1. The van der Waals surface area contributed by atoms with Crippen LogP contribution in [0.15, 0.2) is 6.20 Å². The van der Waals surface area contributed by atoms with E-state index in [4.69, 9.17) is 0 Å². The molecule has 2 aromatic heterocycles. The van der Waals surface area contributed by atoms with Crippen molar-refractivity contribution in [2.45, 2.75) is 71.1 Å². The lowest BCUT2D eigenvalue weighted by Gasteiger charge is -2.19. The highest BCUT2D eigenvalue weighted by Crippen LogP contribution is 2.28. The normalized spacial score (nSPS) is 16.8. The van der Waals surface area contributed by atoms with Gasteiger partial charge in [0.1, 0.15) is 11.2 Å². The van der Waals surface area contributed by atoms with E-state index >= 15 is 0 Å². The Kier molecular flexibility index (Phi) is 7.29. The Morgan fingerprint density at radius 2 is 1.79 bits per heavy atom. The number of aromatic nitrogens is 3. The van der Waals surface area contributed by atoms with Gasteiger partial charge in [-0.1, -0.05) is 57.8 Å². The fourth-order valence-electron chi connectivity index (χ4n) is 4.42. The summed E-state index contributed by atoms with van der Waals surface area (Å²) in [5.74, 6) is 0.685. The molecular weight excluding hydrogens is 350 g/mol. The van der Waals surface area contributed by atoms with E-state index in [1.807, 2.05) is 25.6 Å². The van der Waals surface area contributed by atoms with Crippen molar-refractivity contribution >= 4 is 22.8 Å². The van der Waals surface area contributed by atoms with Gasteiger partial charge >= 0.3 is 0 Å². The van der Waals surface area contributed by atoms with Crippen molar-refractivity contribution in [3.63, 3.8) is 0 Å². The van der Waals surface area contributed by atoms with Gasteiger partial charge in [-0.3, -0.25) is 4.79 Å². The Labute approximate surface area is 168 Å². The van der Waals surface area contributed by atoms with Crippen LogP contribution in [0.1, 0.15) is 80.4 Å². The number of nitrogens with zero attached hydrogens (tertiary/aromatic N) is 3. The summed E-state index contributed by atoms with van der Waals surface area (Å²) in [5.41, 5.74) is 3.68. The number of amides is 1. The van der Waals surface area contributed by atoms with E-state index in [1.54, 1.807) is 6.20 Å². The summed E-state index contributed by atoms with van der Waals surface area (Å²) in [7, 11) is 3.71. The predicted molar refractivity (Wildman–Crippen MR) is 115 cm³/mol. The maximum Gasteiger partial charge on any atom is 0.270 e. The minimum Gasteiger partial charge on any atom is -0.384 e. The van der Waals surface area contributed by atoms with Crippen LogP contribution in [0.2, 0.25) is 0 Å². The molecule has 1 saturated carbocycles. The Hall–Kier alpha value is -2.11. The molecule has 2 aromatic rings. The summed E-state index contributed by atoms with van der Waals surface area (Å²) in [6.45, 7) is 2.64. The molecule has 0 unspecified atom stereocenters. The van der Waals surface area contributed by atoms with Crippen molar-refractivity contribution in [1.29, 1.82) is 0 Å². The Morgan fingerprint density at radius 3 is 2.43 bits per heavy atom. The van der Waals surface area contributed by atoms with Crippen LogP contribution >= 0.6 is 0 Å². The summed E-state index contributed by atoms with van der Waals surface area (Å²) in [6.07, 6.45) is 15.0. The first kappa shape index (κ1) is 20.6. The summed E-state index contributed by atoms with van der Waals surface area (Å²) in [4.78, 5) is 22.0. The van der Waals surface area contributed by atoms with Crippen LogP contribution in [-0.2, 0) is 7.05 Å². The first-order valence-electron chi connectivity index (χ1n) is 10.9. The van der Waals surface area contributed by atoms with Gasteiger partial charge in [-0.05, 0) is 19.3 Å². The van der Waals surface area contributed by atoms with E-state index in [0.29, 0.717) is 5.69 Å². The van der Waals surface area contributed by atoms with E-state index in [-0.39, 0.29) is 5.91 Å². The summed E-state index contributed by atoms with van der Waals surface area (Å²) in [6, 6.07) is 0. The summed E-state index contributed by atoms with van der Waals surface area (Å²) >= 11 is 0. The highest BCUT2D eigenvalue weighted by Gasteiger charge is 2.22. The zero-order chi connectivity index (χ0) is 19.9. The van der Waals surface area contributed by atoms with E-state index < -0.39 is 0 Å². The van der Waals surface area contributed by atoms with Gasteiger partial charge in [0.2, 0.25) is 0 Å². The number of hydrogen-bond donors (Lipinski definition) is 2. The van der Waals surface area contributed by atoms with Gasteiger partial charge in [0.05, 0.1) is 11.4 Å². The van der Waals surface area contributed by atoms with E-state index in [1.165, 1.54) is 57.8 Å². The Bertz CT molecular complexity index is 788. The minimum absolute atomic E-state index is 0.0517. The first-order chi connectivity index (χ1) is 13.6. The molecule has 1 aliphatic carbocycles. The van der Waals surface area contributed by atoms with Crippen LogP contribution in [0.3, 0.4) is 0 Å². The third-order valence-electron chi connectivity index (χ3n) is 6.03. The average molecular weight is 386 g/mol. The molecule has 0 bridgehead atoms. The zero-order valence-electron chi connectivity index (χ0n) is 17.7. The van der Waals surface area contributed by atoms with Crippen LogP contribution < -0.4 is 10.6 Å². The molecule has 2 N–H and O–H groups in total. The highest BCUT2D eigenvalue weighted by atomic mass is 16.2. The van der Waals surface area contributed by atoms with Crippen LogP contribution in [0, 0.1) is 12.8 Å². The van der Waals surface area contributed by atoms with Crippen molar-refractivity contribution < 1.29 is 4.79 Å². The second-order valence-electron chi connectivity index (χ2n) is 8.18. The third-order valence-corrected chi connectivity index (χ3v) is 6.03. The van der Waals surface area contributed by atoms with Crippen molar-refractivity contribution in [2.24, 2.45) is 13.0 Å². The van der Waals surface area contributed by atoms with Gasteiger partial charge in [-0.15, -0.1) is 0 Å². The number of carbonyl (C=O) groups excluding carboxylic acids is 1. The van der Waals surface area contributed by atoms with Gasteiger partial charge in [0, 0.05) is 26.8 Å². The maximum atomic E-state index is 12.9. The standard InChI is InChI=1S/C22H35N5O/c1-16-15-25-19-18(23-2)20(27(3)21(19)26-16)22(28)24-14-13-17-11-9-7-5-4-6-8-10-12-17/h15,17,23H,4-14H2,1-3H3,(H,24,28). The lowest BCUT2D eigenvalue weighted by atomic mass is 9.90. The van der Waals surface area contributed by atoms with Gasteiger partial charge in [-0.25, -0.2) is 9.97 Å². The molecule has 0 aromatic carbocycles. The highest BCUT2D eigenvalue weighted by molar-refractivity contribution is 6.06. The van der Waals surface area contributed by atoms with Crippen molar-refractivity contribution in [1.82, 2.24) is 19.9 Å². The van der Waals surface area contributed by atoms with Crippen molar-refractivity contribution in [3.05, 3.63) is 17.6 Å². The molecule has 6 nitrogen and oxygen atoms in total. The van der Waals surface area contributed by atoms with E-state index in [2.05, 4.69) is 20.6 Å². The van der Waals surface area contributed by atoms with Crippen LogP contribution in [0.25, 0.3) is 11.2 Å². The zero-order valence-corrected chi connectivity index (χ0v) is 17.7. The lowest BCUT2D eigenvalue weighted by molar-refractivity contribution is 0.0944. The smallest absolute Gasteiger partial charge is 0.270 e. The van der Waals surface area contributed by atoms with Gasteiger partial charge in [0.25, 0.3) is 5.91 Å². The molecule has 6 heteroatoms. The van der Waals surface area contributed by atoms with Crippen LogP contribution in [-0.4, -0.2) is 34.0 Å². The molecule has 0 aliphatic heterocycles. The van der Waals surface area contributed by atoms with Gasteiger partial charge in [-0.2, -0.15) is 0 Å². The second-order valence-corrected chi connectivity index (χ2v) is 8.18. The molecule has 0 radical (unpaired) electrons. The summed E-state index contributed by atoms with van der Waals surface area (Å²) in [5, 5.41) is 6.29. The largest absolute Gasteiger partial charge is 0.384 e. The van der Waals surface area contributed by atoms with E-state index in [0.717, 1.165) is 41.4 Å².